The van der Waals surface area contributed by atoms with Gasteiger partial charge >= 0.3 is 0 Å². The molecule has 4 heteroatoms. The Balaban J connectivity index is 1.92. The van der Waals surface area contributed by atoms with Crippen LogP contribution in [0, 0.1) is 12.3 Å². The third kappa shape index (κ3) is 4.26. The predicted molar refractivity (Wildman–Crippen MR) is 82.6 cm³/mol. The number of piperidine rings is 1. The van der Waals surface area contributed by atoms with Crippen molar-refractivity contribution in [2.24, 2.45) is 5.41 Å². The van der Waals surface area contributed by atoms with E-state index in [0.717, 1.165) is 6.54 Å². The summed E-state index contributed by atoms with van der Waals surface area (Å²) in [6, 6.07) is 0. The number of rotatable bonds is 6. The average molecular weight is 281 g/mol. The van der Waals surface area contributed by atoms with Gasteiger partial charge in [-0.2, -0.15) is 0 Å². The van der Waals surface area contributed by atoms with Crippen molar-refractivity contribution < 1.29 is 0 Å². The average Bonchev–Trinajstić information content (AvgIpc) is 2.75. The third-order valence-electron chi connectivity index (χ3n) is 4.04. The quantitative estimate of drug-likeness (QED) is 0.868. The van der Waals surface area contributed by atoms with Crippen molar-refractivity contribution in [1.29, 1.82) is 0 Å². The standard InChI is InChI=1S/C15H27N3S/c1-4-6-15(7-5-8-16-11-15)12-18(3)9-14-10-19-13(2)17-14/h10,16H,4-9,11-12H2,1-3H3. The molecule has 0 saturated carbocycles. The summed E-state index contributed by atoms with van der Waals surface area (Å²) >= 11 is 1.75. The van der Waals surface area contributed by atoms with E-state index in [2.05, 4.69) is 41.5 Å². The molecule has 0 bridgehead atoms. The molecule has 0 aromatic carbocycles. The molecule has 108 valence electrons. The molecule has 1 N–H and O–H groups in total. The van der Waals surface area contributed by atoms with E-state index in [1.54, 1.807) is 11.3 Å². The van der Waals surface area contributed by atoms with Crippen molar-refractivity contribution in [3.05, 3.63) is 16.1 Å². The molecule has 1 unspecified atom stereocenters. The number of hydrogen-bond acceptors (Lipinski definition) is 4. The molecule has 1 atom stereocenters. The Morgan fingerprint density at radius 1 is 1.53 bits per heavy atom. The molecule has 1 aliphatic heterocycles. The van der Waals surface area contributed by atoms with Gasteiger partial charge < -0.3 is 5.32 Å². The summed E-state index contributed by atoms with van der Waals surface area (Å²) in [5, 5.41) is 6.96. The van der Waals surface area contributed by atoms with E-state index in [0.29, 0.717) is 5.41 Å². The second kappa shape index (κ2) is 6.82. The first-order valence-corrected chi connectivity index (χ1v) is 8.32. The Morgan fingerprint density at radius 2 is 2.37 bits per heavy atom. The maximum absolute atomic E-state index is 4.57. The van der Waals surface area contributed by atoms with Gasteiger partial charge in [-0.1, -0.05) is 13.3 Å². The highest BCUT2D eigenvalue weighted by Gasteiger charge is 2.32. The fourth-order valence-corrected chi connectivity index (χ4v) is 3.98. The van der Waals surface area contributed by atoms with E-state index >= 15 is 0 Å². The van der Waals surface area contributed by atoms with Gasteiger partial charge in [0.2, 0.25) is 0 Å². The molecule has 2 rings (SSSR count). The molecule has 0 radical (unpaired) electrons. The molecule has 1 saturated heterocycles. The van der Waals surface area contributed by atoms with E-state index in [9.17, 15) is 0 Å². The van der Waals surface area contributed by atoms with Crippen molar-refractivity contribution in [1.82, 2.24) is 15.2 Å². The number of thiazole rings is 1. The zero-order valence-corrected chi connectivity index (χ0v) is 13.4. The van der Waals surface area contributed by atoms with Crippen LogP contribution in [0.3, 0.4) is 0 Å². The van der Waals surface area contributed by atoms with Crippen LogP contribution in [0.5, 0.6) is 0 Å². The van der Waals surface area contributed by atoms with Crippen LogP contribution in [-0.4, -0.2) is 36.6 Å². The third-order valence-corrected chi connectivity index (χ3v) is 4.87. The molecule has 0 aliphatic carbocycles. The molecule has 3 nitrogen and oxygen atoms in total. The Hall–Kier alpha value is -0.450. The van der Waals surface area contributed by atoms with Gasteiger partial charge in [0, 0.05) is 25.0 Å². The maximum atomic E-state index is 4.57. The summed E-state index contributed by atoms with van der Waals surface area (Å²) in [4.78, 5) is 7.03. The smallest absolute Gasteiger partial charge is 0.0897 e. The Labute approximate surface area is 121 Å². The van der Waals surface area contributed by atoms with Crippen LogP contribution in [0.25, 0.3) is 0 Å². The van der Waals surface area contributed by atoms with E-state index in [1.165, 1.54) is 56.0 Å². The fourth-order valence-electron chi connectivity index (χ4n) is 3.37. The molecule has 1 fully saturated rings. The van der Waals surface area contributed by atoms with E-state index in [4.69, 9.17) is 0 Å². The van der Waals surface area contributed by atoms with Crippen LogP contribution in [0.15, 0.2) is 5.38 Å². The second-order valence-electron chi connectivity index (χ2n) is 6.06. The summed E-state index contributed by atoms with van der Waals surface area (Å²) in [5.41, 5.74) is 1.70. The van der Waals surface area contributed by atoms with Crippen molar-refractivity contribution in [3.63, 3.8) is 0 Å². The zero-order valence-electron chi connectivity index (χ0n) is 12.5. The summed E-state index contributed by atoms with van der Waals surface area (Å²) in [6.45, 7) is 8.93. The molecule has 0 amide bonds. The van der Waals surface area contributed by atoms with Gasteiger partial charge in [0.05, 0.1) is 10.7 Å². The lowest BCUT2D eigenvalue weighted by Crippen LogP contribution is -2.46. The molecule has 1 aromatic heterocycles. The Bertz CT molecular complexity index is 377. The molecular formula is C15H27N3S. The van der Waals surface area contributed by atoms with Crippen LogP contribution in [0.1, 0.15) is 43.3 Å². The van der Waals surface area contributed by atoms with E-state index < -0.39 is 0 Å². The topological polar surface area (TPSA) is 28.2 Å². The molecule has 2 heterocycles. The van der Waals surface area contributed by atoms with Gasteiger partial charge in [0.15, 0.2) is 0 Å². The van der Waals surface area contributed by atoms with E-state index in [-0.39, 0.29) is 0 Å². The molecular weight excluding hydrogens is 254 g/mol. The monoisotopic (exact) mass is 281 g/mol. The predicted octanol–water partition coefficient (Wildman–Crippen LogP) is 3.05. The molecule has 19 heavy (non-hydrogen) atoms. The number of nitrogens with zero attached hydrogens (tertiary/aromatic N) is 2. The van der Waals surface area contributed by atoms with Crippen LogP contribution in [-0.2, 0) is 6.54 Å². The summed E-state index contributed by atoms with van der Waals surface area (Å²) in [5.74, 6) is 0. The highest BCUT2D eigenvalue weighted by molar-refractivity contribution is 7.09. The lowest BCUT2D eigenvalue weighted by Gasteiger charge is -2.40. The minimum atomic E-state index is 0.479. The first kappa shape index (κ1) is 14.9. The SMILES string of the molecule is CCCC1(CN(C)Cc2csc(C)n2)CCCNC1. The van der Waals surface area contributed by atoms with Gasteiger partial charge in [-0.05, 0) is 45.2 Å². The van der Waals surface area contributed by atoms with Crippen molar-refractivity contribution in [2.75, 3.05) is 26.7 Å². The van der Waals surface area contributed by atoms with Crippen molar-refractivity contribution >= 4 is 11.3 Å². The van der Waals surface area contributed by atoms with Gasteiger partial charge in [-0.3, -0.25) is 4.90 Å². The largest absolute Gasteiger partial charge is 0.316 e. The minimum Gasteiger partial charge on any atom is -0.316 e. The number of aromatic nitrogens is 1. The highest BCUT2D eigenvalue weighted by atomic mass is 32.1. The number of nitrogens with one attached hydrogen (secondary N) is 1. The number of hydrogen-bond donors (Lipinski definition) is 1. The lowest BCUT2D eigenvalue weighted by atomic mass is 9.76. The second-order valence-corrected chi connectivity index (χ2v) is 7.12. The Kier molecular flexibility index (Phi) is 5.37. The van der Waals surface area contributed by atoms with Crippen molar-refractivity contribution in [3.8, 4) is 0 Å². The molecule has 0 spiro atoms. The van der Waals surface area contributed by atoms with Crippen LogP contribution >= 0.6 is 11.3 Å². The first-order valence-electron chi connectivity index (χ1n) is 7.44. The molecule has 1 aliphatic rings. The highest BCUT2D eigenvalue weighted by Crippen LogP contribution is 2.32. The van der Waals surface area contributed by atoms with Gasteiger partial charge in [-0.25, -0.2) is 4.98 Å². The van der Waals surface area contributed by atoms with Crippen LogP contribution < -0.4 is 5.32 Å². The summed E-state index contributed by atoms with van der Waals surface area (Å²) < 4.78 is 0. The molecule has 1 aromatic rings. The van der Waals surface area contributed by atoms with Crippen LogP contribution in [0.2, 0.25) is 0 Å². The summed E-state index contributed by atoms with van der Waals surface area (Å²) in [7, 11) is 2.24. The number of aryl methyl sites for hydroxylation is 1. The van der Waals surface area contributed by atoms with Gasteiger partial charge in [-0.15, -0.1) is 11.3 Å². The van der Waals surface area contributed by atoms with Gasteiger partial charge in [0.1, 0.15) is 0 Å². The van der Waals surface area contributed by atoms with E-state index in [1.807, 2.05) is 0 Å². The van der Waals surface area contributed by atoms with Crippen molar-refractivity contribution in [2.45, 2.75) is 46.1 Å². The minimum absolute atomic E-state index is 0.479. The van der Waals surface area contributed by atoms with Crippen LogP contribution in [0.4, 0.5) is 0 Å². The Morgan fingerprint density at radius 3 is 2.95 bits per heavy atom. The maximum Gasteiger partial charge on any atom is 0.0897 e. The summed E-state index contributed by atoms with van der Waals surface area (Å²) in [6.07, 6.45) is 5.31. The van der Waals surface area contributed by atoms with Gasteiger partial charge in [0.25, 0.3) is 0 Å². The fraction of sp³-hybridized carbons (Fsp3) is 0.800. The first-order chi connectivity index (χ1) is 9.13. The zero-order chi connectivity index (χ0) is 13.7. The normalized spacial score (nSPS) is 24.0. The lowest BCUT2D eigenvalue weighted by molar-refractivity contribution is 0.117.